The monoisotopic (exact) mass is 642 g/mol. The zero-order valence-electron chi connectivity index (χ0n) is 26.6. The van der Waals surface area contributed by atoms with Crippen LogP contribution in [-0.2, 0) is 9.84 Å². The molecule has 0 amide bonds. The Labute approximate surface area is 275 Å². The van der Waals surface area contributed by atoms with Crippen LogP contribution in [0.1, 0.15) is 22.3 Å². The predicted molar refractivity (Wildman–Crippen MR) is 183 cm³/mol. The van der Waals surface area contributed by atoms with Crippen LogP contribution in [0.15, 0.2) is 143 Å². The number of benzene rings is 6. The van der Waals surface area contributed by atoms with Crippen LogP contribution in [0.2, 0.25) is 0 Å². The molecular weight excluding hydrogens is 609 g/mol. The van der Waals surface area contributed by atoms with Crippen molar-refractivity contribution >= 4 is 9.84 Å². The van der Waals surface area contributed by atoms with Gasteiger partial charge in [-0.1, -0.05) is 12.1 Å². The van der Waals surface area contributed by atoms with Gasteiger partial charge in [0.1, 0.15) is 46.0 Å². The third-order valence-corrected chi connectivity index (χ3v) is 9.03. The zero-order valence-corrected chi connectivity index (χ0v) is 27.4. The first-order valence-electron chi connectivity index (χ1n) is 15.1. The van der Waals surface area contributed by atoms with E-state index in [-0.39, 0.29) is 9.79 Å². The Kier molecular flexibility index (Phi) is 9.00. The van der Waals surface area contributed by atoms with Gasteiger partial charge >= 0.3 is 0 Å². The fraction of sp³-hybridized carbons (Fsp3) is 0.100. The summed E-state index contributed by atoms with van der Waals surface area (Å²) in [4.78, 5) is 0.324. The van der Waals surface area contributed by atoms with E-state index in [2.05, 4.69) is 12.1 Å². The molecule has 0 bridgehead atoms. The lowest BCUT2D eigenvalue weighted by molar-refractivity contribution is 0.468. The lowest BCUT2D eigenvalue weighted by Gasteiger charge is -2.11. The summed E-state index contributed by atoms with van der Waals surface area (Å²) in [6.45, 7) is 8.13. The highest BCUT2D eigenvalue weighted by Crippen LogP contribution is 2.32. The summed E-state index contributed by atoms with van der Waals surface area (Å²) in [6.07, 6.45) is 0. The quantitative estimate of drug-likeness (QED) is 0.148. The van der Waals surface area contributed by atoms with Gasteiger partial charge < -0.3 is 18.9 Å². The molecule has 7 heteroatoms. The van der Waals surface area contributed by atoms with E-state index in [4.69, 9.17) is 18.9 Å². The minimum atomic E-state index is -3.75. The molecular formula is C40H34O6S. The number of ether oxygens (including phenoxy) is 4. The number of aryl methyl sites for hydroxylation is 4. The largest absolute Gasteiger partial charge is 0.457 e. The molecule has 6 nitrogen and oxygen atoms in total. The topological polar surface area (TPSA) is 71.1 Å². The predicted octanol–water partition coefficient (Wildman–Crippen LogP) is 10.9. The molecule has 47 heavy (non-hydrogen) atoms. The maximum atomic E-state index is 13.3. The van der Waals surface area contributed by atoms with E-state index < -0.39 is 9.84 Å². The Morgan fingerprint density at radius 3 is 0.787 bits per heavy atom. The Morgan fingerprint density at radius 2 is 0.532 bits per heavy atom. The summed E-state index contributed by atoms with van der Waals surface area (Å²) in [6, 6.07) is 39.4. The minimum absolute atomic E-state index is 0.162. The van der Waals surface area contributed by atoms with Crippen molar-refractivity contribution < 1.29 is 27.4 Å². The Balaban J connectivity index is 1.05. The molecule has 0 aromatic heterocycles. The van der Waals surface area contributed by atoms with E-state index >= 15 is 0 Å². The van der Waals surface area contributed by atoms with Gasteiger partial charge in [-0.3, -0.25) is 0 Å². The number of sulfone groups is 1. The summed E-state index contributed by atoms with van der Waals surface area (Å²) in [7, 11) is -3.75. The summed E-state index contributed by atoms with van der Waals surface area (Å²) < 4.78 is 50.5. The fourth-order valence-corrected chi connectivity index (χ4v) is 6.45. The first-order valence-corrected chi connectivity index (χ1v) is 16.6. The van der Waals surface area contributed by atoms with E-state index in [0.29, 0.717) is 34.5 Å². The Bertz CT molecular complexity index is 1910. The molecule has 6 aromatic carbocycles. The molecule has 236 valence electrons. The molecule has 0 heterocycles. The van der Waals surface area contributed by atoms with Gasteiger partial charge in [0.2, 0.25) is 9.84 Å². The lowest BCUT2D eigenvalue weighted by atomic mass is 10.1. The zero-order chi connectivity index (χ0) is 33.0. The molecule has 0 aliphatic carbocycles. The molecule has 6 rings (SSSR count). The average molecular weight is 643 g/mol. The molecule has 6 aromatic rings. The summed E-state index contributed by atoms with van der Waals surface area (Å²) in [5, 5.41) is 0. The van der Waals surface area contributed by atoms with E-state index in [1.54, 1.807) is 48.5 Å². The highest BCUT2D eigenvalue weighted by molar-refractivity contribution is 7.91. The highest BCUT2D eigenvalue weighted by Gasteiger charge is 2.18. The maximum Gasteiger partial charge on any atom is 0.206 e. The second kappa shape index (κ2) is 13.4. The van der Waals surface area contributed by atoms with Crippen molar-refractivity contribution in [3.63, 3.8) is 0 Å². The Hall–Kier alpha value is -5.53. The maximum absolute atomic E-state index is 13.3. The second-order valence-electron chi connectivity index (χ2n) is 11.4. The van der Waals surface area contributed by atoms with Gasteiger partial charge in [0.15, 0.2) is 0 Å². The smallest absolute Gasteiger partial charge is 0.206 e. The van der Waals surface area contributed by atoms with Crippen LogP contribution in [0.3, 0.4) is 0 Å². The van der Waals surface area contributed by atoms with Crippen LogP contribution in [-0.4, -0.2) is 8.42 Å². The SMILES string of the molecule is Cc1cc(C)cc(Oc2ccc(Oc3ccc(S(=O)(=O)c4ccc(Oc5ccc(Oc6cc(C)cc(C)c6)cc5)cc4)cc3)cc2)c1. The molecule has 0 spiro atoms. The van der Waals surface area contributed by atoms with E-state index in [9.17, 15) is 8.42 Å². The van der Waals surface area contributed by atoms with Crippen LogP contribution < -0.4 is 18.9 Å². The van der Waals surface area contributed by atoms with Gasteiger partial charge in [-0.25, -0.2) is 8.42 Å². The van der Waals surface area contributed by atoms with Gasteiger partial charge in [-0.15, -0.1) is 0 Å². The first-order chi connectivity index (χ1) is 22.6. The molecule has 0 fully saturated rings. The molecule has 0 saturated heterocycles. The third-order valence-electron chi connectivity index (χ3n) is 7.25. The molecule has 0 radical (unpaired) electrons. The minimum Gasteiger partial charge on any atom is -0.457 e. The number of rotatable bonds is 10. The van der Waals surface area contributed by atoms with Crippen LogP contribution >= 0.6 is 0 Å². The molecule has 0 unspecified atom stereocenters. The van der Waals surface area contributed by atoms with Gasteiger partial charge in [0, 0.05) is 0 Å². The van der Waals surface area contributed by atoms with Crippen molar-refractivity contribution in [2.75, 3.05) is 0 Å². The van der Waals surface area contributed by atoms with E-state index in [0.717, 1.165) is 33.8 Å². The molecule has 0 N–H and O–H groups in total. The van der Waals surface area contributed by atoms with Crippen molar-refractivity contribution in [2.24, 2.45) is 0 Å². The van der Waals surface area contributed by atoms with Crippen LogP contribution in [0, 0.1) is 27.7 Å². The van der Waals surface area contributed by atoms with E-state index in [1.807, 2.05) is 76.2 Å². The first kappa shape index (κ1) is 31.5. The molecule has 0 aliphatic heterocycles. The van der Waals surface area contributed by atoms with Gasteiger partial charge in [-0.05, 0) is 171 Å². The van der Waals surface area contributed by atoms with Crippen molar-refractivity contribution in [1.29, 1.82) is 0 Å². The van der Waals surface area contributed by atoms with Crippen LogP contribution in [0.5, 0.6) is 46.0 Å². The van der Waals surface area contributed by atoms with Crippen molar-refractivity contribution in [2.45, 2.75) is 37.5 Å². The van der Waals surface area contributed by atoms with Crippen LogP contribution in [0.4, 0.5) is 0 Å². The Morgan fingerprint density at radius 1 is 0.319 bits per heavy atom. The summed E-state index contributed by atoms with van der Waals surface area (Å²) in [5.74, 6) is 5.18. The van der Waals surface area contributed by atoms with Crippen LogP contribution in [0.25, 0.3) is 0 Å². The normalized spacial score (nSPS) is 11.1. The van der Waals surface area contributed by atoms with Crippen molar-refractivity contribution in [3.05, 3.63) is 156 Å². The van der Waals surface area contributed by atoms with Crippen molar-refractivity contribution in [1.82, 2.24) is 0 Å². The number of hydrogen-bond donors (Lipinski definition) is 0. The van der Waals surface area contributed by atoms with Gasteiger partial charge in [0.25, 0.3) is 0 Å². The number of hydrogen-bond acceptors (Lipinski definition) is 6. The highest BCUT2D eigenvalue weighted by atomic mass is 32.2. The third kappa shape index (κ3) is 8.01. The molecule has 0 saturated carbocycles. The molecule has 0 atom stereocenters. The van der Waals surface area contributed by atoms with E-state index in [1.165, 1.54) is 24.3 Å². The van der Waals surface area contributed by atoms with Crippen molar-refractivity contribution in [3.8, 4) is 46.0 Å². The summed E-state index contributed by atoms with van der Waals surface area (Å²) in [5.41, 5.74) is 4.53. The average Bonchev–Trinajstić information content (AvgIpc) is 3.03. The lowest BCUT2D eigenvalue weighted by Crippen LogP contribution is -2.01. The van der Waals surface area contributed by atoms with Gasteiger partial charge in [0.05, 0.1) is 9.79 Å². The standard InChI is InChI=1S/C40H34O6S/c1-27-21-28(2)24-37(23-27)45-33-9-5-31(6-10-33)43-35-13-17-39(18-14-35)47(41,42)40-19-15-36(16-20-40)44-32-7-11-34(12-8-32)46-38-25-29(3)22-30(4)26-38/h5-26H,1-4H3. The second-order valence-corrected chi connectivity index (χ2v) is 13.4. The summed E-state index contributed by atoms with van der Waals surface area (Å²) >= 11 is 0. The molecule has 0 aliphatic rings. The van der Waals surface area contributed by atoms with Gasteiger partial charge in [-0.2, -0.15) is 0 Å². The fourth-order valence-electron chi connectivity index (χ4n) is 5.19.